The summed E-state index contributed by atoms with van der Waals surface area (Å²) in [6, 6.07) is 8.32. The van der Waals surface area contributed by atoms with Gasteiger partial charge in [-0.25, -0.2) is 4.98 Å². The summed E-state index contributed by atoms with van der Waals surface area (Å²) in [4.78, 5) is 8.80. The predicted molar refractivity (Wildman–Crippen MR) is 117 cm³/mol. The van der Waals surface area contributed by atoms with Gasteiger partial charge in [0.1, 0.15) is 5.76 Å². The first kappa shape index (κ1) is 17.6. The Morgan fingerprint density at radius 1 is 1.10 bits per heavy atom. The van der Waals surface area contributed by atoms with Gasteiger partial charge in [0, 0.05) is 34.5 Å². The molecule has 1 N–H and O–H groups in total. The van der Waals surface area contributed by atoms with E-state index in [1.807, 2.05) is 53.1 Å². The van der Waals surface area contributed by atoms with Crippen LogP contribution in [0.4, 0.5) is 0 Å². The largest absolute Gasteiger partial charge is 0.454 e. The molecule has 0 bridgehead atoms. The number of rotatable bonds is 3. The number of aliphatic hydroxyl groups is 1. The molecule has 0 amide bonds. The molecule has 6 nitrogen and oxygen atoms in total. The Bertz CT molecular complexity index is 1400. The number of allylic oxidation sites excluding steroid dienone is 1. The SMILES string of the molecule is OC1C=CC(n2cc(-c3cncc4oc(-c5cccc6ncsc56)cc34)cn2)CC1. The quantitative estimate of drug-likeness (QED) is 0.410. The van der Waals surface area contributed by atoms with Crippen LogP contribution in [0.25, 0.3) is 43.6 Å². The van der Waals surface area contributed by atoms with Crippen molar-refractivity contribution < 1.29 is 9.52 Å². The standard InChI is InChI=1S/C23H18N4O2S/c28-16-6-4-15(5-7-16)27-12-14(9-26-27)19-10-24-11-22-18(19)8-21(29-22)17-2-1-3-20-23(17)30-13-25-20/h1-4,6,8-13,15-16,28H,5,7H2. The average molecular weight is 414 g/mol. The maximum Gasteiger partial charge on any atom is 0.153 e. The Morgan fingerprint density at radius 2 is 2.07 bits per heavy atom. The average Bonchev–Trinajstić information content (AvgIpc) is 3.52. The summed E-state index contributed by atoms with van der Waals surface area (Å²) in [6.45, 7) is 0. The highest BCUT2D eigenvalue weighted by Gasteiger charge is 2.18. The highest BCUT2D eigenvalue weighted by Crippen LogP contribution is 2.37. The van der Waals surface area contributed by atoms with Gasteiger partial charge in [0.05, 0.1) is 40.3 Å². The van der Waals surface area contributed by atoms with Gasteiger partial charge in [-0.1, -0.05) is 18.2 Å². The molecule has 4 aromatic heterocycles. The van der Waals surface area contributed by atoms with E-state index in [2.05, 4.69) is 27.2 Å². The van der Waals surface area contributed by atoms with E-state index in [-0.39, 0.29) is 12.1 Å². The van der Waals surface area contributed by atoms with Gasteiger partial charge in [-0.05, 0) is 31.0 Å². The number of thiazole rings is 1. The third-order valence-electron chi connectivity index (χ3n) is 5.63. The first-order valence-electron chi connectivity index (χ1n) is 9.87. The van der Waals surface area contributed by atoms with Crippen LogP contribution in [0.1, 0.15) is 18.9 Å². The lowest BCUT2D eigenvalue weighted by Crippen LogP contribution is -2.16. The normalized spacial score (nSPS) is 19.1. The zero-order chi connectivity index (χ0) is 20.1. The van der Waals surface area contributed by atoms with Crippen molar-refractivity contribution in [2.24, 2.45) is 0 Å². The number of fused-ring (bicyclic) bond motifs is 2. The summed E-state index contributed by atoms with van der Waals surface area (Å²) < 4.78 is 9.25. The monoisotopic (exact) mass is 414 g/mol. The number of hydrogen-bond acceptors (Lipinski definition) is 6. The van der Waals surface area contributed by atoms with Crippen molar-refractivity contribution in [3.63, 3.8) is 0 Å². The highest BCUT2D eigenvalue weighted by atomic mass is 32.1. The second kappa shape index (κ2) is 6.90. The van der Waals surface area contributed by atoms with Crippen LogP contribution < -0.4 is 0 Å². The summed E-state index contributed by atoms with van der Waals surface area (Å²) in [5.74, 6) is 0.811. The number of furan rings is 1. The molecule has 6 rings (SSSR count). The smallest absolute Gasteiger partial charge is 0.153 e. The van der Waals surface area contributed by atoms with E-state index < -0.39 is 0 Å². The third-order valence-corrected chi connectivity index (χ3v) is 6.51. The van der Waals surface area contributed by atoms with Crippen LogP contribution in [0.5, 0.6) is 0 Å². The van der Waals surface area contributed by atoms with E-state index in [1.165, 1.54) is 0 Å². The molecule has 7 heteroatoms. The van der Waals surface area contributed by atoms with Crippen LogP contribution in [0.15, 0.2) is 71.1 Å². The Morgan fingerprint density at radius 3 is 2.97 bits per heavy atom. The molecule has 0 fully saturated rings. The summed E-state index contributed by atoms with van der Waals surface area (Å²) in [7, 11) is 0. The van der Waals surface area contributed by atoms with Crippen molar-refractivity contribution in [2.45, 2.75) is 25.0 Å². The third kappa shape index (κ3) is 2.86. The van der Waals surface area contributed by atoms with Crippen LogP contribution >= 0.6 is 11.3 Å². The molecule has 1 aliphatic rings. The van der Waals surface area contributed by atoms with Crippen LogP contribution in [0.3, 0.4) is 0 Å². The van der Waals surface area contributed by atoms with Crippen LogP contribution in [-0.2, 0) is 0 Å². The zero-order valence-corrected chi connectivity index (χ0v) is 16.8. The van der Waals surface area contributed by atoms with Crippen molar-refractivity contribution >= 4 is 32.5 Å². The van der Waals surface area contributed by atoms with Crippen molar-refractivity contribution in [3.05, 3.63) is 66.7 Å². The Balaban J connectivity index is 1.43. The van der Waals surface area contributed by atoms with Crippen molar-refractivity contribution in [3.8, 4) is 22.5 Å². The van der Waals surface area contributed by atoms with Crippen molar-refractivity contribution in [2.75, 3.05) is 0 Å². The maximum absolute atomic E-state index is 9.69. The number of benzene rings is 1. The fourth-order valence-electron chi connectivity index (χ4n) is 4.07. The second-order valence-electron chi connectivity index (χ2n) is 7.52. The molecular formula is C23H18N4O2S. The molecule has 0 saturated heterocycles. The van der Waals surface area contributed by atoms with Gasteiger partial charge >= 0.3 is 0 Å². The summed E-state index contributed by atoms with van der Waals surface area (Å²) >= 11 is 1.61. The molecule has 5 aromatic rings. The van der Waals surface area contributed by atoms with Crippen LogP contribution in [0.2, 0.25) is 0 Å². The molecular weight excluding hydrogens is 396 g/mol. The minimum absolute atomic E-state index is 0.165. The molecule has 0 spiro atoms. The molecule has 2 unspecified atom stereocenters. The lowest BCUT2D eigenvalue weighted by Gasteiger charge is -2.19. The van der Waals surface area contributed by atoms with E-state index in [9.17, 15) is 5.11 Å². The number of hydrogen-bond donors (Lipinski definition) is 1. The zero-order valence-electron chi connectivity index (χ0n) is 16.0. The molecule has 0 aliphatic heterocycles. The van der Waals surface area contributed by atoms with Gasteiger partial charge < -0.3 is 9.52 Å². The summed E-state index contributed by atoms with van der Waals surface area (Å²) in [6.07, 6.45) is 12.7. The van der Waals surface area contributed by atoms with Gasteiger partial charge in [-0.2, -0.15) is 5.10 Å². The van der Waals surface area contributed by atoms with Crippen LogP contribution in [-0.4, -0.2) is 31.0 Å². The fourth-order valence-corrected chi connectivity index (χ4v) is 4.88. The molecule has 1 aromatic carbocycles. The molecule has 30 heavy (non-hydrogen) atoms. The molecule has 148 valence electrons. The molecule has 1 aliphatic carbocycles. The van der Waals surface area contributed by atoms with Crippen molar-refractivity contribution in [1.29, 1.82) is 0 Å². The molecule has 0 radical (unpaired) electrons. The van der Waals surface area contributed by atoms with Crippen molar-refractivity contribution in [1.82, 2.24) is 19.7 Å². The lowest BCUT2D eigenvalue weighted by molar-refractivity contribution is 0.193. The maximum atomic E-state index is 9.69. The molecule has 2 atom stereocenters. The molecule has 0 saturated carbocycles. The van der Waals surface area contributed by atoms with Gasteiger partial charge in [-0.15, -0.1) is 11.3 Å². The number of pyridine rings is 1. The molecule has 4 heterocycles. The van der Waals surface area contributed by atoms with E-state index >= 15 is 0 Å². The van der Waals surface area contributed by atoms with E-state index in [1.54, 1.807) is 17.5 Å². The van der Waals surface area contributed by atoms with Gasteiger partial charge in [-0.3, -0.25) is 9.67 Å². The number of nitrogens with zero attached hydrogens (tertiary/aromatic N) is 4. The minimum Gasteiger partial charge on any atom is -0.454 e. The summed E-state index contributed by atoms with van der Waals surface area (Å²) in [5, 5.41) is 15.3. The first-order chi connectivity index (χ1) is 14.8. The topological polar surface area (TPSA) is 77.0 Å². The Kier molecular flexibility index (Phi) is 4.04. The van der Waals surface area contributed by atoms with Gasteiger partial charge in [0.25, 0.3) is 0 Å². The highest BCUT2D eigenvalue weighted by molar-refractivity contribution is 7.17. The lowest BCUT2D eigenvalue weighted by atomic mass is 10.0. The minimum atomic E-state index is -0.346. The van der Waals surface area contributed by atoms with E-state index in [0.717, 1.165) is 56.5 Å². The fraction of sp³-hybridized carbons (Fsp3) is 0.174. The van der Waals surface area contributed by atoms with Crippen LogP contribution in [0, 0.1) is 0 Å². The second-order valence-corrected chi connectivity index (χ2v) is 8.38. The summed E-state index contributed by atoms with van der Waals surface area (Å²) in [5.41, 5.74) is 6.61. The Labute approximate surface area is 176 Å². The predicted octanol–water partition coefficient (Wildman–Crippen LogP) is 5.22. The van der Waals surface area contributed by atoms with E-state index in [4.69, 9.17) is 4.42 Å². The number of aliphatic hydroxyl groups excluding tert-OH is 1. The van der Waals surface area contributed by atoms with E-state index in [0.29, 0.717) is 0 Å². The van der Waals surface area contributed by atoms with Gasteiger partial charge in [0.15, 0.2) is 5.58 Å². The first-order valence-corrected chi connectivity index (χ1v) is 10.8. The van der Waals surface area contributed by atoms with Gasteiger partial charge in [0.2, 0.25) is 0 Å². The number of aromatic nitrogens is 4. The Hall–Kier alpha value is -3.29.